The summed E-state index contributed by atoms with van der Waals surface area (Å²) < 4.78 is 58.1. The van der Waals surface area contributed by atoms with E-state index in [0.29, 0.717) is 5.69 Å². The quantitative estimate of drug-likeness (QED) is 0.819. The van der Waals surface area contributed by atoms with Gasteiger partial charge >= 0.3 is 6.18 Å². The molecule has 0 aromatic heterocycles. The summed E-state index contributed by atoms with van der Waals surface area (Å²) in [5.74, 6) is 0. The molecule has 1 rings (SSSR count). The third-order valence-corrected chi connectivity index (χ3v) is 3.07. The first-order chi connectivity index (χ1) is 7.21. The number of hydrogen-bond donors (Lipinski definition) is 1. The Bertz CT molecular complexity index is 488. The predicted octanol–water partition coefficient (Wildman–Crippen LogP) is 2.12. The molecule has 0 aliphatic heterocycles. The van der Waals surface area contributed by atoms with Gasteiger partial charge in [-0.25, -0.2) is 8.42 Å². The van der Waals surface area contributed by atoms with Crippen LogP contribution in [0.25, 0.3) is 0 Å². The lowest BCUT2D eigenvalue weighted by Crippen LogP contribution is -2.04. The van der Waals surface area contributed by atoms with Gasteiger partial charge in [0, 0.05) is 17.2 Å². The Hall–Kier alpha value is -1.50. The second-order valence-electron chi connectivity index (χ2n) is 2.96. The smallest absolute Gasteiger partial charge is 0.399 e. The standard InChI is InChI=1S/C9H8F3NO2S/c10-9(11,12)5-6-16(14,15)8-3-1-7(13)2-4-8/h1-6H,13H2/b6-5+. The van der Waals surface area contributed by atoms with Gasteiger partial charge < -0.3 is 5.73 Å². The van der Waals surface area contributed by atoms with E-state index >= 15 is 0 Å². The fourth-order valence-electron chi connectivity index (χ4n) is 0.903. The summed E-state index contributed by atoms with van der Waals surface area (Å²) in [6.45, 7) is 0. The summed E-state index contributed by atoms with van der Waals surface area (Å²) >= 11 is 0. The van der Waals surface area contributed by atoms with Crippen molar-refractivity contribution in [2.75, 3.05) is 5.73 Å². The van der Waals surface area contributed by atoms with E-state index in [0.717, 1.165) is 12.1 Å². The summed E-state index contributed by atoms with van der Waals surface area (Å²) in [6.07, 6.45) is -4.97. The van der Waals surface area contributed by atoms with Gasteiger partial charge in [0.05, 0.1) is 4.90 Å². The molecule has 2 N–H and O–H groups in total. The average molecular weight is 251 g/mol. The molecule has 0 aliphatic carbocycles. The first-order valence-electron chi connectivity index (χ1n) is 4.07. The van der Waals surface area contributed by atoms with Crippen molar-refractivity contribution in [2.24, 2.45) is 0 Å². The normalized spacial score (nSPS) is 13.2. The number of benzene rings is 1. The Kier molecular flexibility index (Phi) is 3.27. The molecule has 0 fully saturated rings. The molecule has 0 atom stereocenters. The maximum Gasteiger partial charge on any atom is 0.410 e. The van der Waals surface area contributed by atoms with E-state index in [4.69, 9.17) is 5.73 Å². The molecule has 0 saturated heterocycles. The van der Waals surface area contributed by atoms with Crippen LogP contribution in [0.15, 0.2) is 40.6 Å². The van der Waals surface area contributed by atoms with E-state index in [1.54, 1.807) is 0 Å². The zero-order valence-corrected chi connectivity index (χ0v) is 8.72. The van der Waals surface area contributed by atoms with Crippen molar-refractivity contribution in [3.8, 4) is 0 Å². The molecule has 0 unspecified atom stereocenters. The molecule has 0 bridgehead atoms. The van der Waals surface area contributed by atoms with Gasteiger partial charge in [-0.3, -0.25) is 0 Å². The van der Waals surface area contributed by atoms with Crippen molar-refractivity contribution in [2.45, 2.75) is 11.1 Å². The Labute approximate surface area is 90.3 Å². The number of sulfone groups is 1. The SMILES string of the molecule is Nc1ccc(S(=O)(=O)/C=C/C(F)(F)F)cc1. The van der Waals surface area contributed by atoms with E-state index in [1.165, 1.54) is 12.1 Å². The van der Waals surface area contributed by atoms with E-state index < -0.39 is 16.0 Å². The highest BCUT2D eigenvalue weighted by Crippen LogP contribution is 2.20. The fourth-order valence-corrected chi connectivity index (χ4v) is 1.91. The molecule has 88 valence electrons. The van der Waals surface area contributed by atoms with Crippen LogP contribution in [0.3, 0.4) is 0 Å². The number of hydrogen-bond acceptors (Lipinski definition) is 3. The summed E-state index contributed by atoms with van der Waals surface area (Å²) in [6, 6.07) is 4.89. The van der Waals surface area contributed by atoms with Crippen molar-refractivity contribution in [1.29, 1.82) is 0 Å². The first kappa shape index (κ1) is 12.6. The van der Waals surface area contributed by atoms with Crippen LogP contribution in [0, 0.1) is 0 Å². The van der Waals surface area contributed by atoms with Crippen LogP contribution in [0.1, 0.15) is 0 Å². The molecule has 16 heavy (non-hydrogen) atoms. The second kappa shape index (κ2) is 4.17. The monoisotopic (exact) mass is 251 g/mol. The summed E-state index contributed by atoms with van der Waals surface area (Å²) in [5, 5.41) is 0.124. The maximum absolute atomic E-state index is 11.8. The lowest BCUT2D eigenvalue weighted by Gasteiger charge is -2.01. The van der Waals surface area contributed by atoms with E-state index in [-0.39, 0.29) is 16.4 Å². The average Bonchev–Trinajstić information content (AvgIpc) is 2.15. The molecule has 1 aromatic carbocycles. The molecule has 0 heterocycles. The molecule has 0 radical (unpaired) electrons. The van der Waals surface area contributed by atoms with Gasteiger partial charge in [0.2, 0.25) is 0 Å². The minimum Gasteiger partial charge on any atom is -0.399 e. The minimum absolute atomic E-state index is 0.124. The van der Waals surface area contributed by atoms with Crippen LogP contribution in [0.4, 0.5) is 18.9 Å². The number of anilines is 1. The number of halogens is 3. The third kappa shape index (κ3) is 3.58. The van der Waals surface area contributed by atoms with E-state index in [2.05, 4.69) is 0 Å². The zero-order chi connectivity index (χ0) is 12.4. The second-order valence-corrected chi connectivity index (χ2v) is 4.79. The Morgan fingerprint density at radius 1 is 1.12 bits per heavy atom. The van der Waals surface area contributed by atoms with Crippen molar-refractivity contribution in [3.05, 3.63) is 35.7 Å². The van der Waals surface area contributed by atoms with E-state index in [1.807, 2.05) is 0 Å². The van der Waals surface area contributed by atoms with E-state index in [9.17, 15) is 21.6 Å². The van der Waals surface area contributed by atoms with Gasteiger partial charge in [-0.05, 0) is 24.3 Å². The van der Waals surface area contributed by atoms with Crippen LogP contribution in [0.5, 0.6) is 0 Å². The molecule has 0 aliphatic rings. The highest BCUT2D eigenvalue weighted by molar-refractivity contribution is 7.94. The highest BCUT2D eigenvalue weighted by Gasteiger charge is 2.24. The van der Waals surface area contributed by atoms with Crippen molar-refractivity contribution >= 4 is 15.5 Å². The lowest BCUT2D eigenvalue weighted by atomic mass is 10.3. The van der Waals surface area contributed by atoms with Crippen LogP contribution >= 0.6 is 0 Å². The summed E-state index contributed by atoms with van der Waals surface area (Å²) in [7, 11) is -4.07. The molecule has 3 nitrogen and oxygen atoms in total. The largest absolute Gasteiger partial charge is 0.410 e. The van der Waals surface area contributed by atoms with Crippen LogP contribution in [-0.2, 0) is 9.84 Å². The third-order valence-electron chi connectivity index (χ3n) is 1.64. The van der Waals surface area contributed by atoms with Crippen LogP contribution in [-0.4, -0.2) is 14.6 Å². The molecule has 0 amide bonds. The number of nitrogen functional groups attached to an aromatic ring is 1. The predicted molar refractivity (Wildman–Crippen MR) is 53.2 cm³/mol. The summed E-state index contributed by atoms with van der Waals surface area (Å²) in [4.78, 5) is -0.234. The number of rotatable bonds is 2. The Morgan fingerprint density at radius 2 is 1.62 bits per heavy atom. The van der Waals surface area contributed by atoms with Crippen molar-refractivity contribution in [3.63, 3.8) is 0 Å². The zero-order valence-electron chi connectivity index (χ0n) is 7.90. The van der Waals surface area contributed by atoms with Gasteiger partial charge in [-0.1, -0.05) is 0 Å². The number of allylic oxidation sites excluding steroid dienone is 1. The van der Waals surface area contributed by atoms with Gasteiger partial charge in [0.1, 0.15) is 0 Å². The number of alkyl halides is 3. The first-order valence-corrected chi connectivity index (χ1v) is 5.62. The van der Waals surface area contributed by atoms with Gasteiger partial charge in [0.25, 0.3) is 0 Å². The Morgan fingerprint density at radius 3 is 2.06 bits per heavy atom. The maximum atomic E-state index is 11.8. The molecular weight excluding hydrogens is 243 g/mol. The lowest BCUT2D eigenvalue weighted by molar-refractivity contribution is -0.0797. The molecule has 7 heteroatoms. The van der Waals surface area contributed by atoms with Gasteiger partial charge in [-0.15, -0.1) is 0 Å². The van der Waals surface area contributed by atoms with Crippen molar-refractivity contribution < 1.29 is 21.6 Å². The molecule has 1 aromatic rings. The highest BCUT2D eigenvalue weighted by atomic mass is 32.2. The summed E-state index contributed by atoms with van der Waals surface area (Å²) in [5.41, 5.74) is 5.65. The van der Waals surface area contributed by atoms with Crippen LogP contribution < -0.4 is 5.73 Å². The molecule has 0 spiro atoms. The Balaban J connectivity index is 3.04. The van der Waals surface area contributed by atoms with Gasteiger partial charge in [0.15, 0.2) is 9.84 Å². The topological polar surface area (TPSA) is 60.2 Å². The minimum atomic E-state index is -4.65. The van der Waals surface area contributed by atoms with Crippen LogP contribution in [0.2, 0.25) is 0 Å². The molecule has 0 saturated carbocycles. The fraction of sp³-hybridized carbons (Fsp3) is 0.111. The molecular formula is C9H8F3NO2S. The van der Waals surface area contributed by atoms with Gasteiger partial charge in [-0.2, -0.15) is 13.2 Å². The van der Waals surface area contributed by atoms with Crippen molar-refractivity contribution in [1.82, 2.24) is 0 Å². The number of nitrogens with two attached hydrogens (primary N) is 1.